The van der Waals surface area contributed by atoms with Crippen molar-refractivity contribution in [1.29, 1.82) is 0 Å². The lowest BCUT2D eigenvalue weighted by Gasteiger charge is -2.19. The van der Waals surface area contributed by atoms with Gasteiger partial charge >= 0.3 is 0 Å². The number of benzene rings is 2. The van der Waals surface area contributed by atoms with Crippen LogP contribution in [0.5, 0.6) is 5.75 Å². The molecule has 0 saturated heterocycles. The zero-order valence-corrected chi connectivity index (χ0v) is 15.0. The normalized spacial score (nSPS) is 16.4. The van der Waals surface area contributed by atoms with Gasteiger partial charge in [0, 0.05) is 6.42 Å². The summed E-state index contributed by atoms with van der Waals surface area (Å²) in [6.07, 6.45) is 0.767. The molecule has 0 unspecified atom stereocenters. The molecule has 1 heterocycles. The van der Waals surface area contributed by atoms with Crippen molar-refractivity contribution in [1.82, 2.24) is 5.32 Å². The molecule has 0 saturated carbocycles. The summed E-state index contributed by atoms with van der Waals surface area (Å²) >= 11 is 6.06. The maximum atomic E-state index is 12.2. The summed E-state index contributed by atoms with van der Waals surface area (Å²) in [5, 5.41) is 3.37. The van der Waals surface area contributed by atoms with Crippen LogP contribution in [0.15, 0.2) is 42.5 Å². The van der Waals surface area contributed by atoms with E-state index in [-0.39, 0.29) is 17.4 Å². The molecule has 1 atom stereocenters. The maximum Gasteiger partial charge on any atom is 0.252 e. The van der Waals surface area contributed by atoms with E-state index in [2.05, 4.69) is 38.2 Å². The van der Waals surface area contributed by atoms with Crippen LogP contribution in [0.4, 0.5) is 0 Å². The molecular formula is C20H22ClNO2. The van der Waals surface area contributed by atoms with Gasteiger partial charge in [0.1, 0.15) is 11.9 Å². The van der Waals surface area contributed by atoms with E-state index < -0.39 is 0 Å². The topological polar surface area (TPSA) is 38.3 Å². The monoisotopic (exact) mass is 343 g/mol. The predicted octanol–water partition coefficient (Wildman–Crippen LogP) is 4.37. The average Bonchev–Trinajstić information content (AvgIpc) is 2.94. The second-order valence-corrected chi connectivity index (χ2v) is 7.61. The van der Waals surface area contributed by atoms with Crippen molar-refractivity contribution in [3.63, 3.8) is 0 Å². The van der Waals surface area contributed by atoms with Gasteiger partial charge in [-0.05, 0) is 34.7 Å². The molecular weight excluding hydrogens is 322 g/mol. The Morgan fingerprint density at radius 2 is 2.00 bits per heavy atom. The lowest BCUT2D eigenvalue weighted by atomic mass is 9.86. The highest BCUT2D eigenvalue weighted by molar-refractivity contribution is 6.33. The third-order valence-electron chi connectivity index (χ3n) is 4.28. The molecule has 3 nitrogen and oxygen atoms in total. The van der Waals surface area contributed by atoms with Gasteiger partial charge in [0.15, 0.2) is 0 Å². The van der Waals surface area contributed by atoms with E-state index in [1.165, 1.54) is 11.1 Å². The molecule has 0 bridgehead atoms. The first-order chi connectivity index (χ1) is 11.3. The standard InChI is InChI=1S/C20H22ClNO2/c1-20(2,3)14-8-9-18-13(10-14)11-15(24-18)12-22-19(23)16-6-4-5-7-17(16)21/h4-10,15H,11-12H2,1-3H3,(H,22,23)/t15-/m0/s1. The summed E-state index contributed by atoms with van der Waals surface area (Å²) < 4.78 is 5.94. The van der Waals surface area contributed by atoms with E-state index in [9.17, 15) is 4.79 Å². The van der Waals surface area contributed by atoms with Crippen LogP contribution in [0.2, 0.25) is 5.02 Å². The van der Waals surface area contributed by atoms with Gasteiger partial charge in [-0.2, -0.15) is 0 Å². The zero-order valence-electron chi connectivity index (χ0n) is 14.2. The summed E-state index contributed by atoms with van der Waals surface area (Å²) in [6.45, 7) is 7.06. The number of halogens is 1. The van der Waals surface area contributed by atoms with Crippen LogP contribution in [-0.2, 0) is 11.8 Å². The predicted molar refractivity (Wildman–Crippen MR) is 97.0 cm³/mol. The largest absolute Gasteiger partial charge is 0.488 e. The molecule has 4 heteroatoms. The zero-order chi connectivity index (χ0) is 17.3. The van der Waals surface area contributed by atoms with Crippen molar-refractivity contribution in [2.24, 2.45) is 0 Å². The number of fused-ring (bicyclic) bond motifs is 1. The third-order valence-corrected chi connectivity index (χ3v) is 4.61. The smallest absolute Gasteiger partial charge is 0.252 e. The first-order valence-corrected chi connectivity index (χ1v) is 8.55. The Bertz CT molecular complexity index is 764. The Hall–Kier alpha value is -2.00. The van der Waals surface area contributed by atoms with E-state index in [0.717, 1.165) is 12.2 Å². The molecule has 1 N–H and O–H groups in total. The highest BCUT2D eigenvalue weighted by atomic mass is 35.5. The molecule has 0 aromatic heterocycles. The van der Waals surface area contributed by atoms with Crippen molar-refractivity contribution in [3.8, 4) is 5.75 Å². The molecule has 1 amide bonds. The average molecular weight is 344 g/mol. The number of hydrogen-bond acceptors (Lipinski definition) is 2. The Labute approximate surface area is 148 Å². The minimum atomic E-state index is -0.171. The number of carbonyl (C=O) groups is 1. The van der Waals surface area contributed by atoms with Crippen molar-refractivity contribution in [2.45, 2.75) is 38.7 Å². The van der Waals surface area contributed by atoms with Crippen molar-refractivity contribution < 1.29 is 9.53 Å². The van der Waals surface area contributed by atoms with Gasteiger partial charge in [0.05, 0.1) is 17.1 Å². The van der Waals surface area contributed by atoms with Gasteiger partial charge in [-0.1, -0.05) is 56.6 Å². The first-order valence-electron chi connectivity index (χ1n) is 8.17. The minimum absolute atomic E-state index is 0.0401. The molecule has 3 rings (SSSR count). The molecule has 0 fully saturated rings. The number of amides is 1. The summed E-state index contributed by atoms with van der Waals surface area (Å²) in [5.74, 6) is 0.746. The Kier molecular flexibility index (Phi) is 4.55. The van der Waals surface area contributed by atoms with E-state index in [0.29, 0.717) is 17.1 Å². The molecule has 1 aliphatic rings. The van der Waals surface area contributed by atoms with Gasteiger partial charge in [0.25, 0.3) is 5.91 Å². The SMILES string of the molecule is CC(C)(C)c1ccc2c(c1)C[C@@H](CNC(=O)c1ccccc1Cl)O2. The second kappa shape index (κ2) is 6.48. The van der Waals surface area contributed by atoms with Crippen molar-refractivity contribution in [3.05, 3.63) is 64.2 Å². The summed E-state index contributed by atoms with van der Waals surface area (Å²) in [7, 11) is 0. The van der Waals surface area contributed by atoms with E-state index >= 15 is 0 Å². The van der Waals surface area contributed by atoms with Crippen LogP contribution in [0.1, 0.15) is 42.3 Å². The third kappa shape index (κ3) is 3.57. The quantitative estimate of drug-likeness (QED) is 0.898. The summed E-state index contributed by atoms with van der Waals surface area (Å²) in [5.41, 5.74) is 3.11. The lowest BCUT2D eigenvalue weighted by molar-refractivity contribution is 0.0933. The fourth-order valence-electron chi connectivity index (χ4n) is 2.85. The molecule has 1 aliphatic heterocycles. The van der Waals surface area contributed by atoms with Gasteiger partial charge in [-0.3, -0.25) is 4.79 Å². The molecule has 126 valence electrons. The Balaban J connectivity index is 1.62. The van der Waals surface area contributed by atoms with Crippen molar-refractivity contribution in [2.75, 3.05) is 6.54 Å². The second-order valence-electron chi connectivity index (χ2n) is 7.21. The van der Waals surface area contributed by atoms with Crippen LogP contribution >= 0.6 is 11.6 Å². The van der Waals surface area contributed by atoms with Crippen LogP contribution in [0.25, 0.3) is 0 Å². The highest BCUT2D eigenvalue weighted by Crippen LogP contribution is 2.33. The Morgan fingerprint density at radius 3 is 2.71 bits per heavy atom. The van der Waals surface area contributed by atoms with Crippen LogP contribution in [-0.4, -0.2) is 18.6 Å². The minimum Gasteiger partial charge on any atom is -0.488 e. The first kappa shape index (κ1) is 16.8. The maximum absolute atomic E-state index is 12.2. The molecule has 2 aromatic carbocycles. The van der Waals surface area contributed by atoms with Gasteiger partial charge < -0.3 is 10.1 Å². The van der Waals surface area contributed by atoms with E-state index in [1.54, 1.807) is 18.2 Å². The van der Waals surface area contributed by atoms with Gasteiger partial charge in [-0.15, -0.1) is 0 Å². The summed E-state index contributed by atoms with van der Waals surface area (Å²) in [6, 6.07) is 13.4. The number of nitrogens with one attached hydrogen (secondary N) is 1. The fourth-order valence-corrected chi connectivity index (χ4v) is 3.07. The van der Waals surface area contributed by atoms with Crippen molar-refractivity contribution >= 4 is 17.5 Å². The number of ether oxygens (including phenoxy) is 1. The van der Waals surface area contributed by atoms with E-state index in [4.69, 9.17) is 16.3 Å². The molecule has 0 radical (unpaired) electrons. The number of hydrogen-bond donors (Lipinski definition) is 1. The van der Waals surface area contributed by atoms with Gasteiger partial charge in [-0.25, -0.2) is 0 Å². The van der Waals surface area contributed by atoms with Crippen LogP contribution in [0, 0.1) is 0 Å². The molecule has 24 heavy (non-hydrogen) atoms. The lowest BCUT2D eigenvalue weighted by Crippen LogP contribution is -2.34. The summed E-state index contributed by atoms with van der Waals surface area (Å²) in [4.78, 5) is 12.2. The Morgan fingerprint density at radius 1 is 1.25 bits per heavy atom. The molecule has 0 spiro atoms. The van der Waals surface area contributed by atoms with Crippen LogP contribution in [0.3, 0.4) is 0 Å². The molecule has 0 aliphatic carbocycles. The number of rotatable bonds is 3. The molecule has 2 aromatic rings. The van der Waals surface area contributed by atoms with Gasteiger partial charge in [0.2, 0.25) is 0 Å². The fraction of sp³-hybridized carbons (Fsp3) is 0.350. The van der Waals surface area contributed by atoms with E-state index in [1.807, 2.05) is 12.1 Å². The highest BCUT2D eigenvalue weighted by Gasteiger charge is 2.25. The number of carbonyl (C=O) groups excluding carboxylic acids is 1. The van der Waals surface area contributed by atoms with Crippen LogP contribution < -0.4 is 10.1 Å².